The summed E-state index contributed by atoms with van der Waals surface area (Å²) in [6.07, 6.45) is 0. The van der Waals surface area contributed by atoms with Gasteiger partial charge in [0.15, 0.2) is 0 Å². The standard InChI is InChI=1S/C15H21N3OS/c1-15(2,3)18-10-12-4-6-13(7-5-12)20-11-14(19)17-9-8-16/h4-7,18H,9-11H2,1-3H3,(H,17,19). The summed E-state index contributed by atoms with van der Waals surface area (Å²) in [5, 5.41) is 14.3. The predicted octanol–water partition coefficient (Wildman–Crippen LogP) is 2.31. The van der Waals surface area contributed by atoms with Gasteiger partial charge in [0.2, 0.25) is 5.91 Å². The quantitative estimate of drug-likeness (QED) is 0.623. The first kappa shape index (κ1) is 16.5. The van der Waals surface area contributed by atoms with Crippen molar-refractivity contribution in [3.05, 3.63) is 29.8 Å². The maximum atomic E-state index is 11.4. The first-order valence-corrected chi connectivity index (χ1v) is 7.50. The van der Waals surface area contributed by atoms with Gasteiger partial charge < -0.3 is 10.6 Å². The minimum Gasteiger partial charge on any atom is -0.342 e. The molecule has 20 heavy (non-hydrogen) atoms. The number of thioether (sulfide) groups is 1. The van der Waals surface area contributed by atoms with Gasteiger partial charge in [-0.25, -0.2) is 0 Å². The molecule has 4 nitrogen and oxygen atoms in total. The van der Waals surface area contributed by atoms with Crippen molar-refractivity contribution >= 4 is 17.7 Å². The normalized spacial score (nSPS) is 10.9. The second-order valence-corrected chi connectivity index (χ2v) is 6.52. The van der Waals surface area contributed by atoms with E-state index in [1.807, 2.05) is 18.2 Å². The van der Waals surface area contributed by atoms with E-state index in [0.717, 1.165) is 11.4 Å². The lowest BCUT2D eigenvalue weighted by molar-refractivity contribution is -0.118. The largest absolute Gasteiger partial charge is 0.342 e. The zero-order chi connectivity index (χ0) is 15.0. The molecule has 2 N–H and O–H groups in total. The van der Waals surface area contributed by atoms with Gasteiger partial charge >= 0.3 is 0 Å². The monoisotopic (exact) mass is 291 g/mol. The van der Waals surface area contributed by atoms with Gasteiger partial charge in [-0.2, -0.15) is 5.26 Å². The fourth-order valence-electron chi connectivity index (χ4n) is 1.41. The highest BCUT2D eigenvalue weighted by Gasteiger charge is 2.08. The first-order valence-electron chi connectivity index (χ1n) is 6.51. The molecule has 0 aromatic heterocycles. The number of benzene rings is 1. The topological polar surface area (TPSA) is 64.9 Å². The third-order valence-electron chi connectivity index (χ3n) is 2.48. The van der Waals surface area contributed by atoms with Crippen LogP contribution >= 0.6 is 11.8 Å². The maximum Gasteiger partial charge on any atom is 0.231 e. The van der Waals surface area contributed by atoms with Crippen molar-refractivity contribution in [1.82, 2.24) is 10.6 Å². The molecule has 1 amide bonds. The van der Waals surface area contributed by atoms with Crippen LogP contribution in [0, 0.1) is 11.3 Å². The predicted molar refractivity (Wildman–Crippen MR) is 82.4 cm³/mol. The van der Waals surface area contributed by atoms with E-state index >= 15 is 0 Å². The van der Waals surface area contributed by atoms with Gasteiger partial charge in [-0.1, -0.05) is 12.1 Å². The van der Waals surface area contributed by atoms with Gasteiger partial charge in [0, 0.05) is 17.0 Å². The highest BCUT2D eigenvalue weighted by Crippen LogP contribution is 2.18. The fraction of sp³-hybridized carbons (Fsp3) is 0.467. The molecule has 0 heterocycles. The number of hydrogen-bond donors (Lipinski definition) is 2. The lowest BCUT2D eigenvalue weighted by Gasteiger charge is -2.20. The molecule has 0 saturated heterocycles. The summed E-state index contributed by atoms with van der Waals surface area (Å²) >= 11 is 1.47. The lowest BCUT2D eigenvalue weighted by Crippen LogP contribution is -2.35. The van der Waals surface area contributed by atoms with Crippen molar-refractivity contribution in [3.8, 4) is 6.07 Å². The van der Waals surface area contributed by atoms with Crippen molar-refractivity contribution in [1.29, 1.82) is 5.26 Å². The summed E-state index contributed by atoms with van der Waals surface area (Å²) in [6, 6.07) is 10.0. The summed E-state index contributed by atoms with van der Waals surface area (Å²) in [7, 11) is 0. The molecule has 0 aliphatic heterocycles. The molecule has 0 aliphatic rings. The molecular weight excluding hydrogens is 270 g/mol. The third-order valence-corrected chi connectivity index (χ3v) is 3.49. The minimum atomic E-state index is -0.116. The summed E-state index contributed by atoms with van der Waals surface area (Å²) in [5.41, 5.74) is 1.32. The van der Waals surface area contributed by atoms with Crippen LogP contribution in [-0.2, 0) is 11.3 Å². The van der Waals surface area contributed by atoms with Crippen LogP contribution in [0.2, 0.25) is 0 Å². The molecule has 5 heteroatoms. The molecule has 1 aromatic carbocycles. The van der Waals surface area contributed by atoms with Gasteiger partial charge in [0.1, 0.15) is 6.54 Å². The molecule has 0 radical (unpaired) electrons. The van der Waals surface area contributed by atoms with Crippen LogP contribution in [0.1, 0.15) is 26.3 Å². The average Bonchev–Trinajstić information content (AvgIpc) is 2.41. The zero-order valence-electron chi connectivity index (χ0n) is 12.2. The zero-order valence-corrected chi connectivity index (χ0v) is 13.0. The molecule has 0 saturated carbocycles. The molecule has 0 aliphatic carbocycles. The number of amides is 1. The van der Waals surface area contributed by atoms with E-state index in [1.165, 1.54) is 17.3 Å². The summed E-state index contributed by atoms with van der Waals surface area (Å²) < 4.78 is 0. The van der Waals surface area contributed by atoms with Crippen LogP contribution in [-0.4, -0.2) is 23.7 Å². The molecule has 0 atom stereocenters. The van der Waals surface area contributed by atoms with E-state index in [4.69, 9.17) is 5.26 Å². The second kappa shape index (κ2) is 7.93. The second-order valence-electron chi connectivity index (χ2n) is 5.47. The number of nitrogens with zero attached hydrogens (tertiary/aromatic N) is 1. The number of nitrogens with one attached hydrogen (secondary N) is 2. The van der Waals surface area contributed by atoms with Crippen molar-refractivity contribution in [2.75, 3.05) is 12.3 Å². The summed E-state index contributed by atoms with van der Waals surface area (Å²) in [6.45, 7) is 7.30. The van der Waals surface area contributed by atoms with E-state index in [9.17, 15) is 4.79 Å². The molecule has 1 aromatic rings. The Morgan fingerprint density at radius 3 is 2.50 bits per heavy atom. The van der Waals surface area contributed by atoms with Gasteiger partial charge in [-0.3, -0.25) is 4.79 Å². The maximum absolute atomic E-state index is 11.4. The average molecular weight is 291 g/mol. The van der Waals surface area contributed by atoms with E-state index in [-0.39, 0.29) is 18.0 Å². The van der Waals surface area contributed by atoms with Crippen molar-refractivity contribution in [3.63, 3.8) is 0 Å². The van der Waals surface area contributed by atoms with Crippen LogP contribution in [0.5, 0.6) is 0 Å². The Balaban J connectivity index is 2.39. The van der Waals surface area contributed by atoms with E-state index < -0.39 is 0 Å². The molecule has 0 spiro atoms. The fourth-order valence-corrected chi connectivity index (χ4v) is 2.14. The number of carbonyl (C=O) groups is 1. The van der Waals surface area contributed by atoms with Gasteiger partial charge in [0.25, 0.3) is 0 Å². The Bertz CT molecular complexity index is 471. The Morgan fingerprint density at radius 2 is 1.95 bits per heavy atom. The summed E-state index contributed by atoms with van der Waals surface area (Å²) in [4.78, 5) is 12.4. The van der Waals surface area contributed by atoms with Crippen molar-refractivity contribution in [2.45, 2.75) is 37.8 Å². The number of hydrogen-bond acceptors (Lipinski definition) is 4. The third kappa shape index (κ3) is 7.17. The molecule has 1 rings (SSSR count). The van der Waals surface area contributed by atoms with Crippen LogP contribution in [0.15, 0.2) is 29.2 Å². The Labute approximate surface area is 124 Å². The van der Waals surface area contributed by atoms with Crippen molar-refractivity contribution < 1.29 is 4.79 Å². The van der Waals surface area contributed by atoms with Crippen molar-refractivity contribution in [2.24, 2.45) is 0 Å². The Morgan fingerprint density at radius 1 is 1.30 bits per heavy atom. The minimum absolute atomic E-state index is 0.0663. The smallest absolute Gasteiger partial charge is 0.231 e. The molecule has 108 valence electrons. The number of nitriles is 1. The van der Waals surface area contributed by atoms with Crippen LogP contribution in [0.25, 0.3) is 0 Å². The van der Waals surface area contributed by atoms with E-state index in [2.05, 4.69) is 43.5 Å². The van der Waals surface area contributed by atoms with Gasteiger partial charge in [-0.05, 0) is 38.5 Å². The summed E-state index contributed by atoms with van der Waals surface area (Å²) in [5.74, 6) is 0.219. The number of rotatable bonds is 6. The highest BCUT2D eigenvalue weighted by molar-refractivity contribution is 8.00. The highest BCUT2D eigenvalue weighted by atomic mass is 32.2. The number of carbonyl (C=O) groups excluding carboxylic acids is 1. The Hall–Kier alpha value is -1.51. The van der Waals surface area contributed by atoms with Crippen LogP contribution < -0.4 is 10.6 Å². The molecule has 0 unspecified atom stereocenters. The van der Waals surface area contributed by atoms with Gasteiger partial charge in [-0.15, -0.1) is 11.8 Å². The lowest BCUT2D eigenvalue weighted by atomic mass is 10.1. The van der Waals surface area contributed by atoms with E-state index in [0.29, 0.717) is 5.75 Å². The molecular formula is C15H21N3OS. The Kier molecular flexibility index (Phi) is 6.56. The van der Waals surface area contributed by atoms with Crippen LogP contribution in [0.4, 0.5) is 0 Å². The SMILES string of the molecule is CC(C)(C)NCc1ccc(SCC(=O)NCC#N)cc1. The van der Waals surface area contributed by atoms with E-state index in [1.54, 1.807) is 0 Å². The van der Waals surface area contributed by atoms with Gasteiger partial charge in [0.05, 0.1) is 11.8 Å². The molecule has 0 bridgehead atoms. The van der Waals surface area contributed by atoms with Crippen LogP contribution in [0.3, 0.4) is 0 Å². The molecule has 0 fully saturated rings. The first-order chi connectivity index (χ1) is 9.40.